The first-order chi connectivity index (χ1) is 20.3. The number of rotatable bonds is 12. The molecule has 0 bridgehead atoms. The largest absolute Gasteiger partial charge is 0.443 e. The lowest BCUT2D eigenvalue weighted by Gasteiger charge is -2.14. The molecule has 1 atom stereocenters. The molecule has 4 aromatic rings. The summed E-state index contributed by atoms with van der Waals surface area (Å²) in [6, 6.07) is 9.31. The molecule has 0 amide bonds. The smallest absolute Gasteiger partial charge is 0.324 e. The quantitative estimate of drug-likeness (QED) is 0.133. The molecule has 1 unspecified atom stereocenters. The molecule has 3 N–H and O–H groups in total. The van der Waals surface area contributed by atoms with Crippen LogP contribution in [0.15, 0.2) is 54.9 Å². The number of esters is 1. The van der Waals surface area contributed by atoms with Gasteiger partial charge in [0.05, 0.1) is 22.6 Å². The van der Waals surface area contributed by atoms with Crippen LogP contribution in [0.25, 0.3) is 22.2 Å². The Morgan fingerprint density at radius 3 is 2.43 bits per heavy atom. The molecule has 2 aromatic heterocycles. The summed E-state index contributed by atoms with van der Waals surface area (Å²) in [6.45, 7) is 5.08. The van der Waals surface area contributed by atoms with Crippen molar-refractivity contribution >= 4 is 62.5 Å². The number of carbonyl (C=O) groups excluding carboxylic acids is 2. The second-order valence-electron chi connectivity index (χ2n) is 10.5. The molecule has 4 rings (SSSR count). The molecule has 236 valence electrons. The number of aromatic nitrogens is 2. The average molecular weight is 670 g/mol. The Morgan fingerprint density at radius 2 is 1.80 bits per heavy atom. The Hall–Kier alpha value is -3.58. The molecule has 0 radical (unpaired) electrons. The summed E-state index contributed by atoms with van der Waals surface area (Å²) in [5, 5.41) is 0.730. The molecule has 0 fully saturated rings. The lowest BCUT2D eigenvalue weighted by Crippen LogP contribution is -2.33. The first kappa shape index (κ1) is 34.9. The minimum absolute atomic E-state index is 0. The van der Waals surface area contributed by atoms with Crippen molar-refractivity contribution in [2.45, 2.75) is 46.4 Å². The van der Waals surface area contributed by atoms with Crippen molar-refractivity contribution in [3.8, 4) is 11.1 Å². The number of anilines is 1. The SMILES string of the molecule is CCCS(=O)(=O)Nc1ccc(F)c(C(=O)c2cn(COC(=O)C(N)CC(C)C)c3ncc(-c4ccc(Cl)cc4)cc23)c1F.Cl. The van der Waals surface area contributed by atoms with Crippen LogP contribution in [0.2, 0.25) is 5.02 Å². The molecule has 0 aliphatic rings. The number of nitrogens with zero attached hydrogens (tertiary/aromatic N) is 2. The maximum absolute atomic E-state index is 15.6. The zero-order valence-electron chi connectivity index (χ0n) is 24.1. The van der Waals surface area contributed by atoms with E-state index < -0.39 is 50.7 Å². The van der Waals surface area contributed by atoms with E-state index in [9.17, 15) is 18.0 Å². The summed E-state index contributed by atoms with van der Waals surface area (Å²) in [5.41, 5.74) is 5.76. The van der Waals surface area contributed by atoms with Crippen LogP contribution in [0.3, 0.4) is 0 Å². The highest BCUT2D eigenvalue weighted by Gasteiger charge is 2.27. The van der Waals surface area contributed by atoms with Gasteiger partial charge >= 0.3 is 5.97 Å². The fourth-order valence-electron chi connectivity index (χ4n) is 4.56. The number of fused-ring (bicyclic) bond motifs is 1. The number of benzene rings is 2. The van der Waals surface area contributed by atoms with Crippen LogP contribution in [0, 0.1) is 17.6 Å². The Bertz CT molecular complexity index is 1780. The highest BCUT2D eigenvalue weighted by atomic mass is 35.5. The highest BCUT2D eigenvalue weighted by Crippen LogP contribution is 2.31. The van der Waals surface area contributed by atoms with Gasteiger partial charge in [-0.25, -0.2) is 22.2 Å². The number of hydrogen-bond donors (Lipinski definition) is 2. The normalized spacial score (nSPS) is 12.2. The van der Waals surface area contributed by atoms with Gasteiger partial charge in [-0.15, -0.1) is 12.4 Å². The fourth-order valence-corrected chi connectivity index (χ4v) is 5.81. The van der Waals surface area contributed by atoms with E-state index in [1.807, 2.05) is 13.8 Å². The van der Waals surface area contributed by atoms with E-state index >= 15 is 8.78 Å². The Kier molecular flexibility index (Phi) is 11.5. The maximum atomic E-state index is 15.6. The van der Waals surface area contributed by atoms with Crippen LogP contribution in [0.5, 0.6) is 0 Å². The molecule has 9 nitrogen and oxygen atoms in total. The van der Waals surface area contributed by atoms with E-state index in [1.54, 1.807) is 37.3 Å². The number of pyridine rings is 1. The molecular formula is C30H32Cl2F2N4O5S. The number of ether oxygens (including phenoxy) is 1. The van der Waals surface area contributed by atoms with E-state index in [1.165, 1.54) is 17.0 Å². The summed E-state index contributed by atoms with van der Waals surface area (Å²) in [6.07, 6.45) is 3.47. The topological polar surface area (TPSA) is 133 Å². The standard InChI is InChI=1S/C30H31ClF2N4O5S.ClH/c1-4-11-43(40,41)36-25-10-9-23(32)26(27(25)33)28(38)22-15-37(16-42-30(39)24(34)12-17(2)3)29-21(22)13-19(14-35-29)18-5-7-20(31)8-6-18;/h5-10,13-15,17,24,36H,4,11-12,16,34H2,1-3H3;1H. The van der Waals surface area contributed by atoms with Crippen LogP contribution in [0.1, 0.15) is 49.5 Å². The molecule has 14 heteroatoms. The van der Waals surface area contributed by atoms with Gasteiger partial charge in [0.1, 0.15) is 17.5 Å². The Morgan fingerprint density at radius 1 is 1.11 bits per heavy atom. The summed E-state index contributed by atoms with van der Waals surface area (Å²) < 4.78 is 63.9. The second kappa shape index (κ2) is 14.5. The van der Waals surface area contributed by atoms with Crippen LogP contribution < -0.4 is 10.5 Å². The molecule has 0 saturated carbocycles. The molecule has 2 aromatic carbocycles. The molecule has 0 aliphatic heterocycles. The van der Waals surface area contributed by atoms with Crippen molar-refractivity contribution in [2.24, 2.45) is 11.7 Å². The van der Waals surface area contributed by atoms with Crippen molar-refractivity contribution in [1.29, 1.82) is 0 Å². The van der Waals surface area contributed by atoms with Crippen molar-refractivity contribution in [1.82, 2.24) is 9.55 Å². The first-order valence-corrected chi connectivity index (χ1v) is 15.5. The second-order valence-corrected chi connectivity index (χ2v) is 12.8. The van der Waals surface area contributed by atoms with Crippen LogP contribution in [-0.4, -0.2) is 41.5 Å². The average Bonchev–Trinajstić information content (AvgIpc) is 3.31. The van der Waals surface area contributed by atoms with Gasteiger partial charge in [0.15, 0.2) is 12.5 Å². The van der Waals surface area contributed by atoms with Crippen LogP contribution >= 0.6 is 24.0 Å². The van der Waals surface area contributed by atoms with Crippen molar-refractivity contribution in [2.75, 3.05) is 10.5 Å². The number of nitrogens with one attached hydrogen (secondary N) is 1. The number of carbonyl (C=O) groups is 2. The van der Waals surface area contributed by atoms with Crippen LogP contribution in [0.4, 0.5) is 14.5 Å². The maximum Gasteiger partial charge on any atom is 0.324 e. The van der Waals surface area contributed by atoms with Crippen molar-refractivity contribution in [3.05, 3.63) is 82.6 Å². The van der Waals surface area contributed by atoms with E-state index in [0.29, 0.717) is 22.6 Å². The van der Waals surface area contributed by atoms with E-state index in [0.717, 1.165) is 12.1 Å². The Balaban J connectivity index is 0.00000529. The van der Waals surface area contributed by atoms with Gasteiger partial charge in [-0.2, -0.15) is 0 Å². The zero-order chi connectivity index (χ0) is 31.5. The van der Waals surface area contributed by atoms with Crippen LogP contribution in [-0.2, 0) is 26.3 Å². The fraction of sp³-hybridized carbons (Fsp3) is 0.300. The summed E-state index contributed by atoms with van der Waals surface area (Å²) in [4.78, 5) is 30.7. The number of sulfonamides is 1. The third-order valence-electron chi connectivity index (χ3n) is 6.57. The molecule has 2 heterocycles. The molecular weight excluding hydrogens is 637 g/mol. The molecule has 44 heavy (non-hydrogen) atoms. The summed E-state index contributed by atoms with van der Waals surface area (Å²) >= 11 is 6.01. The summed E-state index contributed by atoms with van der Waals surface area (Å²) in [7, 11) is -3.93. The number of nitrogens with two attached hydrogens (primary N) is 1. The van der Waals surface area contributed by atoms with Gasteiger partial charge in [0, 0.05) is 28.4 Å². The highest BCUT2D eigenvalue weighted by molar-refractivity contribution is 7.92. The zero-order valence-corrected chi connectivity index (χ0v) is 26.5. The van der Waals surface area contributed by atoms with E-state index in [2.05, 4.69) is 9.71 Å². The number of hydrogen-bond acceptors (Lipinski definition) is 7. The predicted octanol–water partition coefficient (Wildman–Crippen LogP) is 6.31. The molecule has 0 saturated heterocycles. The monoisotopic (exact) mass is 668 g/mol. The van der Waals surface area contributed by atoms with Gasteiger partial charge in [-0.3, -0.25) is 18.9 Å². The van der Waals surface area contributed by atoms with Gasteiger partial charge in [-0.1, -0.05) is 44.5 Å². The predicted molar refractivity (Wildman–Crippen MR) is 168 cm³/mol. The third-order valence-corrected chi connectivity index (χ3v) is 8.30. The minimum Gasteiger partial charge on any atom is -0.443 e. The third kappa shape index (κ3) is 7.92. The van der Waals surface area contributed by atoms with Gasteiger partial charge < -0.3 is 10.5 Å². The number of halogens is 4. The van der Waals surface area contributed by atoms with Crippen molar-refractivity contribution < 1.29 is 31.5 Å². The molecule has 0 aliphatic carbocycles. The first-order valence-electron chi connectivity index (χ1n) is 13.5. The van der Waals surface area contributed by atoms with E-state index in [-0.39, 0.29) is 53.8 Å². The minimum atomic E-state index is -3.93. The Labute approximate surface area is 265 Å². The molecule has 0 spiro atoms. The van der Waals surface area contributed by atoms with E-state index in [4.69, 9.17) is 22.1 Å². The number of ketones is 1. The lowest BCUT2D eigenvalue weighted by molar-refractivity contribution is -0.149. The van der Waals surface area contributed by atoms with Gasteiger partial charge in [0.25, 0.3) is 0 Å². The lowest BCUT2D eigenvalue weighted by atomic mass is 10.00. The van der Waals surface area contributed by atoms with Gasteiger partial charge in [-0.05, 0) is 54.7 Å². The van der Waals surface area contributed by atoms with Gasteiger partial charge in [0.2, 0.25) is 15.8 Å². The van der Waals surface area contributed by atoms with Crippen molar-refractivity contribution in [3.63, 3.8) is 0 Å². The summed E-state index contributed by atoms with van der Waals surface area (Å²) in [5.74, 6) is -4.41.